The molecule has 16 heavy (non-hydrogen) atoms. The lowest BCUT2D eigenvalue weighted by atomic mass is 9.87. The molecule has 0 bridgehead atoms. The number of hydrogen-bond acceptors (Lipinski definition) is 1. The number of alkyl halides is 3. The zero-order valence-corrected chi connectivity index (χ0v) is 9.22. The Morgan fingerprint density at radius 2 is 2.00 bits per heavy atom. The second-order valence-corrected chi connectivity index (χ2v) is 4.98. The second-order valence-electron chi connectivity index (χ2n) is 4.98. The SMILES string of the molecule is CC1CC(C2(N)CC2)=CC=CC1C(F)(F)F. The molecule has 0 heterocycles. The molecule has 0 radical (unpaired) electrons. The number of hydrogen-bond donors (Lipinski definition) is 1. The van der Waals surface area contributed by atoms with Crippen molar-refractivity contribution in [3.05, 3.63) is 23.8 Å². The maximum absolute atomic E-state index is 12.7. The van der Waals surface area contributed by atoms with Crippen molar-refractivity contribution in [1.29, 1.82) is 0 Å². The Hall–Kier alpha value is -0.770. The van der Waals surface area contributed by atoms with Crippen molar-refractivity contribution < 1.29 is 13.2 Å². The topological polar surface area (TPSA) is 26.0 Å². The zero-order valence-electron chi connectivity index (χ0n) is 9.22. The maximum atomic E-state index is 12.7. The predicted octanol–water partition coefficient (Wildman–Crippen LogP) is 3.18. The molecule has 90 valence electrons. The van der Waals surface area contributed by atoms with Crippen molar-refractivity contribution in [2.45, 2.75) is 37.9 Å². The van der Waals surface area contributed by atoms with Crippen LogP contribution in [0.2, 0.25) is 0 Å². The minimum atomic E-state index is -4.15. The minimum absolute atomic E-state index is 0.306. The van der Waals surface area contributed by atoms with Crippen molar-refractivity contribution >= 4 is 0 Å². The van der Waals surface area contributed by atoms with Gasteiger partial charge in [-0.1, -0.05) is 30.7 Å². The van der Waals surface area contributed by atoms with Gasteiger partial charge >= 0.3 is 6.18 Å². The smallest absolute Gasteiger partial charge is 0.322 e. The summed E-state index contributed by atoms with van der Waals surface area (Å²) in [4.78, 5) is 0. The first-order valence-corrected chi connectivity index (χ1v) is 5.56. The third-order valence-electron chi connectivity index (χ3n) is 3.58. The Labute approximate surface area is 93.2 Å². The van der Waals surface area contributed by atoms with Crippen LogP contribution in [0.3, 0.4) is 0 Å². The maximum Gasteiger partial charge on any atom is 0.395 e. The van der Waals surface area contributed by atoms with Crippen LogP contribution in [0.1, 0.15) is 26.2 Å². The second kappa shape index (κ2) is 3.62. The van der Waals surface area contributed by atoms with Crippen LogP contribution in [-0.2, 0) is 0 Å². The van der Waals surface area contributed by atoms with Crippen LogP contribution in [0.15, 0.2) is 23.8 Å². The zero-order chi connectivity index (χ0) is 12.0. The molecule has 2 aliphatic rings. The molecule has 1 fully saturated rings. The fourth-order valence-electron chi connectivity index (χ4n) is 2.28. The highest BCUT2D eigenvalue weighted by Crippen LogP contribution is 2.45. The highest BCUT2D eigenvalue weighted by Gasteiger charge is 2.46. The van der Waals surface area contributed by atoms with Gasteiger partial charge in [-0.15, -0.1) is 0 Å². The van der Waals surface area contributed by atoms with E-state index >= 15 is 0 Å². The number of nitrogens with two attached hydrogens (primary N) is 1. The minimum Gasteiger partial charge on any atom is -0.322 e. The fraction of sp³-hybridized carbons (Fsp3) is 0.667. The van der Waals surface area contributed by atoms with Crippen molar-refractivity contribution in [2.75, 3.05) is 0 Å². The average molecular weight is 231 g/mol. The molecule has 0 spiro atoms. The Kier molecular flexibility index (Phi) is 2.65. The van der Waals surface area contributed by atoms with Crippen molar-refractivity contribution in [3.8, 4) is 0 Å². The molecular weight excluding hydrogens is 215 g/mol. The lowest BCUT2D eigenvalue weighted by Crippen LogP contribution is -2.30. The van der Waals surface area contributed by atoms with Crippen LogP contribution in [0, 0.1) is 11.8 Å². The molecule has 0 aromatic heterocycles. The van der Waals surface area contributed by atoms with E-state index in [2.05, 4.69) is 0 Å². The summed E-state index contributed by atoms with van der Waals surface area (Å²) in [5.41, 5.74) is 6.69. The van der Waals surface area contributed by atoms with Crippen LogP contribution in [0.5, 0.6) is 0 Å². The lowest BCUT2D eigenvalue weighted by Gasteiger charge is -2.24. The third-order valence-corrected chi connectivity index (χ3v) is 3.58. The third kappa shape index (κ3) is 2.17. The normalized spacial score (nSPS) is 33.2. The van der Waals surface area contributed by atoms with E-state index in [1.807, 2.05) is 0 Å². The van der Waals surface area contributed by atoms with Gasteiger partial charge in [0.25, 0.3) is 0 Å². The van der Waals surface area contributed by atoms with Gasteiger partial charge < -0.3 is 5.73 Å². The summed E-state index contributed by atoms with van der Waals surface area (Å²) in [6.45, 7) is 1.65. The van der Waals surface area contributed by atoms with Gasteiger partial charge in [-0.05, 0) is 25.2 Å². The van der Waals surface area contributed by atoms with E-state index in [0.29, 0.717) is 6.42 Å². The summed E-state index contributed by atoms with van der Waals surface area (Å²) < 4.78 is 38.1. The van der Waals surface area contributed by atoms with E-state index in [1.165, 1.54) is 12.2 Å². The summed E-state index contributed by atoms with van der Waals surface area (Å²) in [7, 11) is 0. The van der Waals surface area contributed by atoms with Crippen molar-refractivity contribution in [1.82, 2.24) is 0 Å². The molecule has 1 saturated carbocycles. The van der Waals surface area contributed by atoms with E-state index in [1.54, 1.807) is 13.0 Å². The van der Waals surface area contributed by atoms with Gasteiger partial charge in [0.15, 0.2) is 0 Å². The molecule has 2 rings (SSSR count). The van der Waals surface area contributed by atoms with Crippen molar-refractivity contribution in [2.24, 2.45) is 17.6 Å². The first kappa shape index (κ1) is 11.7. The molecule has 2 aliphatic carbocycles. The Bertz CT molecular complexity index is 337. The standard InChI is InChI=1S/C12H16F3N/c1-8-7-9(11(16)5-6-11)3-2-4-10(8)12(13,14)15/h2-4,8,10H,5-7,16H2,1H3. The molecule has 0 aliphatic heterocycles. The molecule has 0 amide bonds. The fourth-order valence-corrected chi connectivity index (χ4v) is 2.28. The van der Waals surface area contributed by atoms with E-state index < -0.39 is 18.0 Å². The average Bonchev–Trinajstić information content (AvgIpc) is 2.89. The van der Waals surface area contributed by atoms with Crippen LogP contribution in [0.25, 0.3) is 0 Å². The molecule has 1 nitrogen and oxygen atoms in total. The Morgan fingerprint density at radius 1 is 1.38 bits per heavy atom. The van der Waals surface area contributed by atoms with Crippen LogP contribution < -0.4 is 5.73 Å². The van der Waals surface area contributed by atoms with Gasteiger partial charge in [-0.25, -0.2) is 0 Å². The molecule has 0 aromatic rings. The molecule has 4 heteroatoms. The number of rotatable bonds is 1. The quantitative estimate of drug-likeness (QED) is 0.737. The van der Waals surface area contributed by atoms with Crippen LogP contribution in [-0.4, -0.2) is 11.7 Å². The highest BCUT2D eigenvalue weighted by molar-refractivity contribution is 5.32. The summed E-state index contributed by atoms with van der Waals surface area (Å²) in [5.74, 6) is -1.77. The number of halogens is 3. The van der Waals surface area contributed by atoms with E-state index in [-0.39, 0.29) is 5.54 Å². The van der Waals surface area contributed by atoms with Gasteiger partial charge in [-0.2, -0.15) is 13.2 Å². The largest absolute Gasteiger partial charge is 0.395 e. The molecule has 2 atom stereocenters. The summed E-state index contributed by atoms with van der Waals surface area (Å²) in [5, 5.41) is 0. The van der Waals surface area contributed by atoms with Gasteiger partial charge in [0, 0.05) is 5.54 Å². The highest BCUT2D eigenvalue weighted by atomic mass is 19.4. The summed E-state index contributed by atoms with van der Waals surface area (Å²) in [6.07, 6.45) is 2.65. The first-order valence-electron chi connectivity index (χ1n) is 5.56. The Balaban J connectivity index is 2.14. The molecule has 0 aromatic carbocycles. The van der Waals surface area contributed by atoms with E-state index in [9.17, 15) is 13.2 Å². The number of allylic oxidation sites excluding steroid dienone is 3. The van der Waals surface area contributed by atoms with Gasteiger partial charge in [0.2, 0.25) is 0 Å². The van der Waals surface area contributed by atoms with E-state index in [0.717, 1.165) is 18.4 Å². The van der Waals surface area contributed by atoms with Crippen LogP contribution >= 0.6 is 0 Å². The first-order chi connectivity index (χ1) is 7.33. The van der Waals surface area contributed by atoms with Crippen molar-refractivity contribution in [3.63, 3.8) is 0 Å². The van der Waals surface area contributed by atoms with Crippen LogP contribution in [0.4, 0.5) is 13.2 Å². The van der Waals surface area contributed by atoms with E-state index in [4.69, 9.17) is 5.73 Å². The molecule has 0 saturated heterocycles. The lowest BCUT2D eigenvalue weighted by molar-refractivity contribution is -0.172. The summed E-state index contributed by atoms with van der Waals surface area (Å²) >= 11 is 0. The monoisotopic (exact) mass is 231 g/mol. The predicted molar refractivity (Wildman–Crippen MR) is 56.7 cm³/mol. The molecule has 2 N–H and O–H groups in total. The van der Waals surface area contributed by atoms with Gasteiger partial charge in [0.05, 0.1) is 5.92 Å². The molecule has 2 unspecified atom stereocenters. The molecular formula is C12H16F3N. The summed E-state index contributed by atoms with van der Waals surface area (Å²) in [6, 6.07) is 0. The van der Waals surface area contributed by atoms with Gasteiger partial charge in [-0.3, -0.25) is 0 Å². The Morgan fingerprint density at radius 3 is 2.50 bits per heavy atom. The van der Waals surface area contributed by atoms with Gasteiger partial charge in [0.1, 0.15) is 0 Å².